The second-order valence-electron chi connectivity index (χ2n) is 7.33. The van der Waals surface area contributed by atoms with Gasteiger partial charge in [-0.2, -0.15) is 5.06 Å². The predicted molar refractivity (Wildman–Crippen MR) is 86.1 cm³/mol. The molecule has 0 aromatic heterocycles. The van der Waals surface area contributed by atoms with Gasteiger partial charge in [-0.1, -0.05) is 12.1 Å². The second kappa shape index (κ2) is 6.57. The van der Waals surface area contributed by atoms with Gasteiger partial charge in [0.25, 0.3) is 0 Å². The molecule has 1 saturated heterocycles. The highest BCUT2D eigenvalue weighted by molar-refractivity contribution is 5.76. The molecule has 1 aliphatic rings. The molecule has 0 amide bonds. The Morgan fingerprint density at radius 3 is 2.13 bits per heavy atom. The molecule has 0 N–H and O–H groups in total. The van der Waals surface area contributed by atoms with Gasteiger partial charge in [-0.25, -0.2) is 9.18 Å². The van der Waals surface area contributed by atoms with Crippen LogP contribution >= 0.6 is 0 Å². The largest absolute Gasteiger partial charge is 0.467 e. The fourth-order valence-electron chi connectivity index (χ4n) is 3.35. The van der Waals surface area contributed by atoms with Crippen molar-refractivity contribution in [1.29, 1.82) is 0 Å². The highest BCUT2D eigenvalue weighted by Crippen LogP contribution is 2.40. The van der Waals surface area contributed by atoms with Crippen LogP contribution in [0.2, 0.25) is 0 Å². The molecule has 0 radical (unpaired) electrons. The summed E-state index contributed by atoms with van der Waals surface area (Å²) in [4.78, 5) is 18.4. The zero-order chi connectivity index (χ0) is 17.3. The topological polar surface area (TPSA) is 38.8 Å². The zero-order valence-electron chi connectivity index (χ0n) is 14.6. The first-order chi connectivity index (χ1) is 10.7. The second-order valence-corrected chi connectivity index (χ2v) is 7.33. The molecule has 1 aromatic carbocycles. The number of ether oxygens (including phenoxy) is 1. The summed E-state index contributed by atoms with van der Waals surface area (Å²) < 4.78 is 18.1. The van der Waals surface area contributed by atoms with Crippen molar-refractivity contribution in [3.05, 3.63) is 35.6 Å². The number of benzene rings is 1. The van der Waals surface area contributed by atoms with Crippen LogP contribution in [0.15, 0.2) is 24.3 Å². The number of methoxy groups -OCH3 is 1. The quantitative estimate of drug-likeness (QED) is 0.785. The third-order valence-electron chi connectivity index (χ3n) is 4.48. The first kappa shape index (κ1) is 17.9. The number of carbonyl (C=O) groups excluding carboxylic acids is 1. The van der Waals surface area contributed by atoms with Gasteiger partial charge in [0.05, 0.1) is 7.11 Å². The molecule has 2 rings (SSSR count). The van der Waals surface area contributed by atoms with Crippen LogP contribution in [0.1, 0.15) is 58.6 Å². The Kier molecular flexibility index (Phi) is 5.11. The van der Waals surface area contributed by atoms with E-state index in [1.54, 1.807) is 12.1 Å². The Hall–Kier alpha value is -1.46. The van der Waals surface area contributed by atoms with Gasteiger partial charge in [-0.05, 0) is 64.7 Å². The Labute approximate surface area is 137 Å². The standard InChI is InChI=1S/C18H26FNO3/c1-17(2)11-6-12-18(3,4)20(17)23-15(16(21)22-5)13-7-9-14(19)10-8-13/h7-10,15H,6,11-12H2,1-5H3. The molecule has 1 aromatic rings. The lowest BCUT2D eigenvalue weighted by Gasteiger charge is -2.52. The van der Waals surface area contributed by atoms with Crippen LogP contribution < -0.4 is 0 Å². The molecule has 0 bridgehead atoms. The number of hydroxylamine groups is 2. The van der Waals surface area contributed by atoms with E-state index in [1.807, 2.05) is 5.06 Å². The Morgan fingerprint density at radius 1 is 1.13 bits per heavy atom. The van der Waals surface area contributed by atoms with Crippen molar-refractivity contribution < 1.29 is 18.8 Å². The summed E-state index contributed by atoms with van der Waals surface area (Å²) in [5.41, 5.74) is 0.178. The molecule has 1 atom stereocenters. The van der Waals surface area contributed by atoms with E-state index in [0.29, 0.717) is 5.56 Å². The molecular formula is C18H26FNO3. The van der Waals surface area contributed by atoms with E-state index in [9.17, 15) is 9.18 Å². The summed E-state index contributed by atoms with van der Waals surface area (Å²) in [5.74, 6) is -0.843. The predicted octanol–water partition coefficient (Wildman–Crippen LogP) is 4.01. The van der Waals surface area contributed by atoms with Crippen LogP contribution in [-0.2, 0) is 14.4 Å². The Morgan fingerprint density at radius 2 is 1.65 bits per heavy atom. The van der Waals surface area contributed by atoms with Gasteiger partial charge in [-0.3, -0.25) is 4.84 Å². The van der Waals surface area contributed by atoms with Crippen LogP contribution in [0.4, 0.5) is 4.39 Å². The normalized spacial score (nSPS) is 21.7. The summed E-state index contributed by atoms with van der Waals surface area (Å²) in [6.07, 6.45) is 2.16. The van der Waals surface area contributed by atoms with Gasteiger partial charge in [0, 0.05) is 11.1 Å². The number of carbonyl (C=O) groups is 1. The first-order valence-electron chi connectivity index (χ1n) is 7.98. The van der Waals surface area contributed by atoms with Gasteiger partial charge < -0.3 is 4.74 Å². The van der Waals surface area contributed by atoms with Gasteiger partial charge in [0.1, 0.15) is 5.82 Å². The Balaban J connectivity index is 2.33. The molecule has 1 unspecified atom stereocenters. The third-order valence-corrected chi connectivity index (χ3v) is 4.48. The van der Waals surface area contributed by atoms with Crippen LogP contribution in [-0.4, -0.2) is 29.2 Å². The Bertz CT molecular complexity index is 538. The fraction of sp³-hybridized carbons (Fsp3) is 0.611. The third kappa shape index (κ3) is 3.90. The minimum Gasteiger partial charge on any atom is -0.467 e. The van der Waals surface area contributed by atoms with E-state index in [-0.39, 0.29) is 16.9 Å². The fourth-order valence-corrected chi connectivity index (χ4v) is 3.35. The molecule has 0 spiro atoms. The molecule has 1 heterocycles. The molecule has 128 valence electrons. The maximum atomic E-state index is 13.2. The lowest BCUT2D eigenvalue weighted by atomic mass is 9.82. The summed E-state index contributed by atoms with van der Waals surface area (Å²) in [6.45, 7) is 8.42. The number of hydrogen-bond donors (Lipinski definition) is 0. The van der Waals surface area contributed by atoms with Crippen molar-refractivity contribution in [2.45, 2.75) is 64.1 Å². The monoisotopic (exact) mass is 323 g/mol. The summed E-state index contributed by atoms with van der Waals surface area (Å²) >= 11 is 0. The average Bonchev–Trinajstić information content (AvgIpc) is 2.46. The van der Waals surface area contributed by atoms with E-state index < -0.39 is 12.1 Å². The van der Waals surface area contributed by atoms with Gasteiger partial charge in [0.15, 0.2) is 0 Å². The highest BCUT2D eigenvalue weighted by Gasteiger charge is 2.45. The molecule has 1 aliphatic heterocycles. The minimum absolute atomic E-state index is 0.200. The summed E-state index contributed by atoms with van der Waals surface area (Å²) in [5, 5.41) is 1.91. The number of rotatable bonds is 4. The number of nitrogens with zero attached hydrogens (tertiary/aromatic N) is 1. The number of piperidine rings is 1. The van der Waals surface area contributed by atoms with Gasteiger partial charge in [-0.15, -0.1) is 0 Å². The summed E-state index contributed by atoms with van der Waals surface area (Å²) in [7, 11) is 1.33. The van der Waals surface area contributed by atoms with Crippen molar-refractivity contribution in [3.63, 3.8) is 0 Å². The van der Waals surface area contributed by atoms with Crippen molar-refractivity contribution in [3.8, 4) is 0 Å². The highest BCUT2D eigenvalue weighted by atomic mass is 19.1. The molecule has 1 fully saturated rings. The lowest BCUT2D eigenvalue weighted by molar-refractivity contribution is -0.304. The molecule has 5 heteroatoms. The van der Waals surface area contributed by atoms with Gasteiger partial charge in [0.2, 0.25) is 6.10 Å². The van der Waals surface area contributed by atoms with Gasteiger partial charge >= 0.3 is 5.97 Å². The van der Waals surface area contributed by atoms with E-state index in [4.69, 9.17) is 9.57 Å². The number of esters is 1. The summed E-state index contributed by atoms with van der Waals surface area (Å²) in [6, 6.07) is 5.75. The zero-order valence-corrected chi connectivity index (χ0v) is 14.6. The van der Waals surface area contributed by atoms with Crippen LogP contribution in [0.5, 0.6) is 0 Å². The maximum Gasteiger partial charge on any atom is 0.341 e. The van der Waals surface area contributed by atoms with E-state index >= 15 is 0 Å². The number of halogens is 1. The van der Waals surface area contributed by atoms with Crippen LogP contribution in [0, 0.1) is 5.82 Å². The molecule has 23 heavy (non-hydrogen) atoms. The number of hydrogen-bond acceptors (Lipinski definition) is 4. The molecule has 0 saturated carbocycles. The van der Waals surface area contributed by atoms with Crippen LogP contribution in [0.3, 0.4) is 0 Å². The molecule has 4 nitrogen and oxygen atoms in total. The lowest BCUT2D eigenvalue weighted by Crippen LogP contribution is -2.58. The average molecular weight is 323 g/mol. The molecule has 0 aliphatic carbocycles. The minimum atomic E-state index is -0.905. The van der Waals surface area contributed by atoms with Crippen molar-refractivity contribution in [1.82, 2.24) is 5.06 Å². The van der Waals surface area contributed by atoms with E-state index in [0.717, 1.165) is 19.3 Å². The smallest absolute Gasteiger partial charge is 0.341 e. The first-order valence-corrected chi connectivity index (χ1v) is 7.98. The van der Waals surface area contributed by atoms with Crippen LogP contribution in [0.25, 0.3) is 0 Å². The maximum absolute atomic E-state index is 13.2. The molecular weight excluding hydrogens is 297 g/mol. The van der Waals surface area contributed by atoms with E-state index in [1.165, 1.54) is 19.2 Å². The van der Waals surface area contributed by atoms with Crippen molar-refractivity contribution >= 4 is 5.97 Å². The van der Waals surface area contributed by atoms with E-state index in [2.05, 4.69) is 27.7 Å². The van der Waals surface area contributed by atoms with Crippen molar-refractivity contribution in [2.24, 2.45) is 0 Å². The van der Waals surface area contributed by atoms with Crippen molar-refractivity contribution in [2.75, 3.05) is 7.11 Å². The SMILES string of the molecule is COC(=O)C(ON1C(C)(C)CCCC1(C)C)c1ccc(F)cc1.